The van der Waals surface area contributed by atoms with Crippen molar-refractivity contribution in [2.45, 2.75) is 38.9 Å². The van der Waals surface area contributed by atoms with Crippen LogP contribution in [-0.2, 0) is 16.1 Å². The van der Waals surface area contributed by atoms with Crippen molar-refractivity contribution in [3.8, 4) is 28.4 Å². The van der Waals surface area contributed by atoms with Crippen molar-refractivity contribution in [1.82, 2.24) is 0 Å². The van der Waals surface area contributed by atoms with Gasteiger partial charge in [0.15, 0.2) is 11.5 Å². The third kappa shape index (κ3) is 3.14. The number of esters is 1. The Morgan fingerprint density at radius 3 is 2.63 bits per heavy atom. The number of aliphatic carboxylic acids is 1. The van der Waals surface area contributed by atoms with Crippen molar-refractivity contribution < 1.29 is 36.4 Å². The highest BCUT2D eigenvalue weighted by Gasteiger charge is 2.57. The van der Waals surface area contributed by atoms with E-state index in [-0.39, 0.29) is 29.8 Å². The molecular formula is C23H24O7. The summed E-state index contributed by atoms with van der Waals surface area (Å²) in [6.07, 6.45) is 0.902. The van der Waals surface area contributed by atoms with Crippen molar-refractivity contribution in [3.05, 3.63) is 41.5 Å². The van der Waals surface area contributed by atoms with Gasteiger partial charge >= 0.3 is 11.9 Å². The molecule has 1 saturated carbocycles. The zero-order valence-corrected chi connectivity index (χ0v) is 16.8. The second-order valence-electron chi connectivity index (χ2n) is 7.52. The topological polar surface area (TPSA) is 91.3 Å². The second-order valence-corrected chi connectivity index (χ2v) is 7.52. The van der Waals surface area contributed by atoms with Crippen molar-refractivity contribution in [3.63, 3.8) is 0 Å². The van der Waals surface area contributed by atoms with Gasteiger partial charge in [-0.25, -0.2) is 4.79 Å². The predicted molar refractivity (Wildman–Crippen MR) is 108 cm³/mol. The molecule has 0 amide bonds. The number of carbonyl (C=O) groups excluding carboxylic acids is 1. The molecule has 30 heavy (non-hydrogen) atoms. The Morgan fingerprint density at radius 1 is 1.23 bits per heavy atom. The first-order valence-electron chi connectivity index (χ1n) is 10.9. The van der Waals surface area contributed by atoms with Crippen LogP contribution in [0.25, 0.3) is 11.1 Å². The van der Waals surface area contributed by atoms with Gasteiger partial charge in [-0.3, -0.25) is 4.79 Å². The predicted octanol–water partition coefficient (Wildman–Crippen LogP) is 4.06. The van der Waals surface area contributed by atoms with Crippen molar-refractivity contribution >= 4 is 11.9 Å². The van der Waals surface area contributed by atoms with E-state index in [9.17, 15) is 14.7 Å². The van der Waals surface area contributed by atoms with Crippen LogP contribution in [0.5, 0.6) is 17.2 Å². The first-order valence-corrected chi connectivity index (χ1v) is 9.73. The van der Waals surface area contributed by atoms with Crippen LogP contribution in [0.15, 0.2) is 30.3 Å². The minimum atomic E-state index is -1.58. The van der Waals surface area contributed by atoms with Crippen LogP contribution in [0.2, 0.25) is 0 Å². The molecule has 158 valence electrons. The highest BCUT2D eigenvalue weighted by atomic mass is 16.5. The number of carboxylic acids is 1. The van der Waals surface area contributed by atoms with Crippen molar-refractivity contribution in [2.75, 3.05) is 14.2 Å². The molecule has 1 unspecified atom stereocenters. The van der Waals surface area contributed by atoms with E-state index in [1.165, 1.54) is 7.11 Å². The highest BCUT2D eigenvalue weighted by Crippen LogP contribution is 2.53. The Balaban J connectivity index is 1.83. The molecule has 2 aromatic carbocycles. The Kier molecular flexibility index (Phi) is 4.44. The molecule has 1 aliphatic heterocycles. The van der Waals surface area contributed by atoms with Gasteiger partial charge in [-0.05, 0) is 49.1 Å². The summed E-state index contributed by atoms with van der Waals surface area (Å²) in [5.41, 5.74) is 1.63. The SMILES string of the molecule is [2H]C([2H])Oc1ccc(-c2ccc3c(c2)COC3=O)c(OC(CC)C2(C(=O)O)CC2)c1OC. The molecule has 7 heteroatoms. The van der Waals surface area contributed by atoms with Gasteiger partial charge < -0.3 is 24.1 Å². The summed E-state index contributed by atoms with van der Waals surface area (Å²) in [5.74, 6) is -0.669. The third-order valence-electron chi connectivity index (χ3n) is 5.86. The summed E-state index contributed by atoms with van der Waals surface area (Å²) in [5, 5.41) is 9.77. The Morgan fingerprint density at radius 2 is 2.00 bits per heavy atom. The van der Waals surface area contributed by atoms with Crippen LogP contribution >= 0.6 is 0 Å². The number of ether oxygens (including phenoxy) is 4. The van der Waals surface area contributed by atoms with E-state index in [4.69, 9.17) is 21.7 Å². The van der Waals surface area contributed by atoms with Gasteiger partial charge in [-0.1, -0.05) is 13.0 Å². The smallest absolute Gasteiger partial charge is 0.338 e. The molecule has 0 bridgehead atoms. The van der Waals surface area contributed by atoms with Crippen LogP contribution in [0, 0.1) is 5.41 Å². The second kappa shape index (κ2) is 7.55. The van der Waals surface area contributed by atoms with E-state index in [0.717, 1.165) is 11.1 Å². The maximum atomic E-state index is 11.9. The summed E-state index contributed by atoms with van der Waals surface area (Å²) < 4.78 is 37.1. The monoisotopic (exact) mass is 414 g/mol. The van der Waals surface area contributed by atoms with Crippen molar-refractivity contribution in [1.29, 1.82) is 0 Å². The van der Waals surface area contributed by atoms with Gasteiger partial charge in [-0.2, -0.15) is 0 Å². The number of carboxylic acid groups (broad SMARTS) is 1. The molecule has 2 aliphatic rings. The molecule has 0 aromatic heterocycles. The number of cyclic esters (lactones) is 1. The van der Waals surface area contributed by atoms with Gasteiger partial charge in [0.1, 0.15) is 18.1 Å². The molecule has 1 atom stereocenters. The van der Waals surface area contributed by atoms with Crippen LogP contribution < -0.4 is 14.2 Å². The normalized spacial score (nSPS) is 18.0. The average molecular weight is 414 g/mol. The molecule has 1 fully saturated rings. The lowest BCUT2D eigenvalue weighted by Crippen LogP contribution is -2.34. The summed E-state index contributed by atoms with van der Waals surface area (Å²) in [6, 6.07) is 8.56. The summed E-state index contributed by atoms with van der Waals surface area (Å²) in [7, 11) is -0.163. The number of methoxy groups -OCH3 is 2. The van der Waals surface area contributed by atoms with E-state index in [1.807, 2.05) is 13.0 Å². The average Bonchev–Trinajstić information content (AvgIpc) is 3.50. The minimum Gasteiger partial charge on any atom is -0.493 e. The summed E-state index contributed by atoms with van der Waals surface area (Å²) >= 11 is 0. The summed E-state index contributed by atoms with van der Waals surface area (Å²) in [4.78, 5) is 23.7. The lowest BCUT2D eigenvalue weighted by molar-refractivity contribution is -0.147. The van der Waals surface area contributed by atoms with Crippen LogP contribution in [0.1, 0.15) is 44.8 Å². The number of rotatable bonds is 8. The van der Waals surface area contributed by atoms with Crippen LogP contribution in [0.4, 0.5) is 0 Å². The first-order chi connectivity index (χ1) is 15.3. The zero-order valence-electron chi connectivity index (χ0n) is 18.8. The van der Waals surface area contributed by atoms with E-state index in [2.05, 4.69) is 0 Å². The first kappa shape index (κ1) is 17.6. The largest absolute Gasteiger partial charge is 0.493 e. The molecule has 0 radical (unpaired) electrons. The molecule has 1 heterocycles. The Hall–Kier alpha value is -3.22. The minimum absolute atomic E-state index is 0.149. The number of hydrogen-bond acceptors (Lipinski definition) is 6. The van der Waals surface area contributed by atoms with E-state index < -0.39 is 24.6 Å². The van der Waals surface area contributed by atoms with Gasteiger partial charge in [0.05, 0.1) is 22.5 Å². The van der Waals surface area contributed by atoms with Gasteiger partial charge in [0.2, 0.25) is 5.75 Å². The molecule has 2 aromatic rings. The maximum absolute atomic E-state index is 11.9. The lowest BCUT2D eigenvalue weighted by Gasteiger charge is -2.27. The molecular weight excluding hydrogens is 388 g/mol. The Bertz CT molecular complexity index is 1060. The standard InChI is InChI=1S/C23H24O7/c1-4-18(23(9-10-23)22(25)26)30-19-15(7-8-17(27-2)20(19)28-3)13-5-6-16-14(11-13)12-29-21(16)24/h5-8,11,18H,4,9-10,12H2,1-3H3,(H,25,26)/i2D2. The quantitative estimate of drug-likeness (QED) is 0.651. The number of fused-ring (bicyclic) bond motifs is 1. The molecule has 0 saturated heterocycles. The molecule has 1 aliphatic carbocycles. The van der Waals surface area contributed by atoms with E-state index >= 15 is 0 Å². The maximum Gasteiger partial charge on any atom is 0.338 e. The van der Waals surface area contributed by atoms with Crippen LogP contribution in [-0.4, -0.2) is 37.3 Å². The number of benzene rings is 2. The molecule has 4 rings (SSSR count). The molecule has 1 N–H and O–H groups in total. The van der Waals surface area contributed by atoms with E-state index in [1.54, 1.807) is 24.3 Å². The fourth-order valence-electron chi connectivity index (χ4n) is 4.01. The van der Waals surface area contributed by atoms with Gasteiger partial charge in [-0.15, -0.1) is 0 Å². The zero-order chi connectivity index (χ0) is 23.0. The van der Waals surface area contributed by atoms with Crippen molar-refractivity contribution in [2.24, 2.45) is 5.41 Å². The fourth-order valence-corrected chi connectivity index (χ4v) is 4.01. The third-order valence-corrected chi connectivity index (χ3v) is 5.86. The molecule has 7 nitrogen and oxygen atoms in total. The number of hydrogen-bond donors (Lipinski definition) is 1. The fraction of sp³-hybridized carbons (Fsp3) is 0.391. The lowest BCUT2D eigenvalue weighted by atomic mass is 9.96. The number of carbonyl (C=O) groups is 2. The Labute approximate surface area is 177 Å². The van der Waals surface area contributed by atoms with Gasteiger partial charge in [0.25, 0.3) is 0 Å². The highest BCUT2D eigenvalue weighted by molar-refractivity contribution is 5.94. The molecule has 0 spiro atoms. The van der Waals surface area contributed by atoms with Gasteiger partial charge in [0, 0.05) is 11.1 Å². The summed E-state index contributed by atoms with van der Waals surface area (Å²) in [6.45, 7) is 2.04. The van der Waals surface area contributed by atoms with Crippen LogP contribution in [0.3, 0.4) is 0 Å². The van der Waals surface area contributed by atoms with E-state index in [0.29, 0.717) is 30.4 Å².